The summed E-state index contributed by atoms with van der Waals surface area (Å²) in [5, 5.41) is 0. The van der Waals surface area contributed by atoms with E-state index in [0.29, 0.717) is 16.8 Å². The zero-order chi connectivity index (χ0) is 9.14. The average Bonchev–Trinajstić information content (AvgIpc) is 1.96. The van der Waals surface area contributed by atoms with Gasteiger partial charge in [-0.1, -0.05) is 0 Å². The summed E-state index contributed by atoms with van der Waals surface area (Å²) in [4.78, 5) is 9.46. The first-order chi connectivity index (χ1) is 5.59. The zero-order valence-corrected chi connectivity index (χ0v) is 8.47. The van der Waals surface area contributed by atoms with Crippen molar-refractivity contribution in [1.82, 2.24) is 14.9 Å². The molecule has 0 aliphatic carbocycles. The number of hydrogen-bond acceptors (Lipinski definition) is 3. The molecule has 1 rings (SSSR count). The SMILES string of the molecule is CN(C)Cc1ncc(Br)c(F)n1. The Hall–Kier alpha value is -0.550. The summed E-state index contributed by atoms with van der Waals surface area (Å²) in [7, 11) is 3.76. The molecule has 12 heavy (non-hydrogen) atoms. The Morgan fingerprint density at radius 1 is 1.58 bits per heavy atom. The topological polar surface area (TPSA) is 29.0 Å². The minimum Gasteiger partial charge on any atom is -0.302 e. The summed E-state index contributed by atoms with van der Waals surface area (Å²) in [5.41, 5.74) is 0. The van der Waals surface area contributed by atoms with Crippen LogP contribution in [0.1, 0.15) is 5.82 Å². The van der Waals surface area contributed by atoms with Crippen molar-refractivity contribution >= 4 is 15.9 Å². The molecule has 0 amide bonds. The highest BCUT2D eigenvalue weighted by Crippen LogP contribution is 2.10. The van der Waals surface area contributed by atoms with Crippen molar-refractivity contribution in [2.75, 3.05) is 14.1 Å². The van der Waals surface area contributed by atoms with Gasteiger partial charge in [-0.2, -0.15) is 4.39 Å². The van der Waals surface area contributed by atoms with Crippen molar-refractivity contribution in [3.05, 3.63) is 22.4 Å². The first-order valence-electron chi connectivity index (χ1n) is 3.41. The molecule has 66 valence electrons. The average molecular weight is 234 g/mol. The van der Waals surface area contributed by atoms with E-state index in [-0.39, 0.29) is 0 Å². The van der Waals surface area contributed by atoms with Crippen molar-refractivity contribution < 1.29 is 4.39 Å². The molecule has 0 spiro atoms. The van der Waals surface area contributed by atoms with E-state index in [1.807, 2.05) is 19.0 Å². The molecule has 0 unspecified atom stereocenters. The van der Waals surface area contributed by atoms with E-state index >= 15 is 0 Å². The summed E-state index contributed by atoms with van der Waals surface area (Å²) in [5.74, 6) is -0.0254. The molecule has 0 radical (unpaired) electrons. The minimum atomic E-state index is -0.512. The van der Waals surface area contributed by atoms with Gasteiger partial charge < -0.3 is 4.90 Å². The third kappa shape index (κ3) is 2.49. The second-order valence-corrected chi connectivity index (χ2v) is 3.52. The molecule has 1 aromatic rings. The van der Waals surface area contributed by atoms with Gasteiger partial charge in [-0.25, -0.2) is 9.97 Å². The van der Waals surface area contributed by atoms with Gasteiger partial charge >= 0.3 is 0 Å². The number of hydrogen-bond donors (Lipinski definition) is 0. The lowest BCUT2D eigenvalue weighted by atomic mass is 10.5. The van der Waals surface area contributed by atoms with Crippen LogP contribution in [0.5, 0.6) is 0 Å². The summed E-state index contributed by atoms with van der Waals surface area (Å²) < 4.78 is 13.1. The third-order valence-electron chi connectivity index (χ3n) is 1.21. The molecule has 0 aliphatic rings. The van der Waals surface area contributed by atoms with Crippen molar-refractivity contribution in [1.29, 1.82) is 0 Å². The van der Waals surface area contributed by atoms with E-state index in [2.05, 4.69) is 25.9 Å². The quantitative estimate of drug-likeness (QED) is 0.725. The van der Waals surface area contributed by atoms with Crippen molar-refractivity contribution in [2.24, 2.45) is 0 Å². The molecule has 0 aliphatic heterocycles. The second kappa shape index (κ2) is 3.91. The molecule has 0 aromatic carbocycles. The van der Waals surface area contributed by atoms with E-state index in [4.69, 9.17) is 0 Å². The molecule has 0 fully saturated rings. The Labute approximate surface area is 78.8 Å². The van der Waals surface area contributed by atoms with Gasteiger partial charge in [0, 0.05) is 6.20 Å². The minimum absolute atomic E-state index is 0.296. The second-order valence-electron chi connectivity index (χ2n) is 2.66. The largest absolute Gasteiger partial charge is 0.302 e. The lowest BCUT2D eigenvalue weighted by Crippen LogP contribution is -2.13. The summed E-state index contributed by atoms with van der Waals surface area (Å²) in [6.07, 6.45) is 1.42. The number of aromatic nitrogens is 2. The van der Waals surface area contributed by atoms with E-state index in [1.54, 1.807) is 0 Å². The van der Waals surface area contributed by atoms with Crippen LogP contribution in [0.4, 0.5) is 4.39 Å². The fourth-order valence-electron chi connectivity index (χ4n) is 0.739. The fraction of sp³-hybridized carbons (Fsp3) is 0.429. The summed E-state index contributed by atoms with van der Waals surface area (Å²) in [6.45, 7) is 0.546. The molecule has 0 atom stereocenters. The van der Waals surface area contributed by atoms with Crippen molar-refractivity contribution in [3.63, 3.8) is 0 Å². The van der Waals surface area contributed by atoms with Crippen LogP contribution >= 0.6 is 15.9 Å². The van der Waals surface area contributed by atoms with Gasteiger partial charge in [0.1, 0.15) is 5.82 Å². The Morgan fingerprint density at radius 3 is 2.75 bits per heavy atom. The standard InChI is InChI=1S/C7H9BrFN3/c1-12(2)4-6-10-3-5(8)7(9)11-6/h3H,4H2,1-2H3. The zero-order valence-electron chi connectivity index (χ0n) is 6.88. The normalized spacial score (nSPS) is 10.8. The molecular formula is C7H9BrFN3. The Morgan fingerprint density at radius 2 is 2.25 bits per heavy atom. The predicted molar refractivity (Wildman–Crippen MR) is 47.1 cm³/mol. The van der Waals surface area contributed by atoms with Crippen LogP contribution in [0, 0.1) is 5.95 Å². The van der Waals surface area contributed by atoms with Crippen molar-refractivity contribution in [3.8, 4) is 0 Å². The molecule has 0 saturated heterocycles. The first kappa shape index (κ1) is 9.54. The monoisotopic (exact) mass is 233 g/mol. The first-order valence-corrected chi connectivity index (χ1v) is 4.20. The Kier molecular flexibility index (Phi) is 3.11. The van der Waals surface area contributed by atoms with E-state index in [0.717, 1.165) is 0 Å². The smallest absolute Gasteiger partial charge is 0.230 e. The molecule has 0 saturated carbocycles. The Balaban J connectivity index is 2.82. The van der Waals surface area contributed by atoms with Crippen LogP contribution in [0.3, 0.4) is 0 Å². The lowest BCUT2D eigenvalue weighted by molar-refractivity contribution is 0.385. The van der Waals surface area contributed by atoms with Gasteiger partial charge in [0.25, 0.3) is 0 Å². The van der Waals surface area contributed by atoms with E-state index in [9.17, 15) is 4.39 Å². The van der Waals surface area contributed by atoms with Crippen LogP contribution in [-0.2, 0) is 6.54 Å². The highest BCUT2D eigenvalue weighted by atomic mass is 79.9. The van der Waals surface area contributed by atoms with Gasteiger partial charge in [-0.15, -0.1) is 0 Å². The molecule has 1 heterocycles. The molecule has 3 nitrogen and oxygen atoms in total. The lowest BCUT2D eigenvalue weighted by Gasteiger charge is -2.07. The third-order valence-corrected chi connectivity index (χ3v) is 1.74. The van der Waals surface area contributed by atoms with Gasteiger partial charge in [0.05, 0.1) is 11.0 Å². The maximum atomic E-state index is 12.8. The highest BCUT2D eigenvalue weighted by Gasteiger charge is 2.03. The van der Waals surface area contributed by atoms with Gasteiger partial charge in [0.2, 0.25) is 5.95 Å². The highest BCUT2D eigenvalue weighted by molar-refractivity contribution is 9.10. The van der Waals surface area contributed by atoms with Crippen LogP contribution in [-0.4, -0.2) is 29.0 Å². The van der Waals surface area contributed by atoms with Gasteiger partial charge in [-0.3, -0.25) is 0 Å². The molecule has 1 aromatic heterocycles. The Bertz CT molecular complexity index is 277. The maximum Gasteiger partial charge on any atom is 0.230 e. The number of nitrogens with zero attached hydrogens (tertiary/aromatic N) is 3. The summed E-state index contributed by atoms with van der Waals surface area (Å²) in [6, 6.07) is 0. The van der Waals surface area contributed by atoms with E-state index in [1.165, 1.54) is 6.20 Å². The molecule has 5 heteroatoms. The van der Waals surface area contributed by atoms with E-state index < -0.39 is 5.95 Å². The molecule has 0 bridgehead atoms. The van der Waals surface area contributed by atoms with Crippen LogP contribution < -0.4 is 0 Å². The van der Waals surface area contributed by atoms with Gasteiger partial charge in [-0.05, 0) is 30.0 Å². The number of rotatable bonds is 2. The number of halogens is 2. The predicted octanol–water partition coefficient (Wildman–Crippen LogP) is 1.44. The van der Waals surface area contributed by atoms with Crippen molar-refractivity contribution in [2.45, 2.75) is 6.54 Å². The molecular weight excluding hydrogens is 225 g/mol. The van der Waals surface area contributed by atoms with Crippen LogP contribution in [0.25, 0.3) is 0 Å². The van der Waals surface area contributed by atoms with Gasteiger partial charge in [0.15, 0.2) is 0 Å². The fourth-order valence-corrected chi connectivity index (χ4v) is 0.930. The van der Waals surface area contributed by atoms with Crippen LogP contribution in [0.2, 0.25) is 0 Å². The maximum absolute atomic E-state index is 12.8. The van der Waals surface area contributed by atoms with Crippen LogP contribution in [0.15, 0.2) is 10.7 Å². The molecule has 0 N–H and O–H groups in total. The summed E-state index contributed by atoms with van der Waals surface area (Å²) >= 11 is 2.98.